The monoisotopic (exact) mass is 317 g/mol. The summed E-state index contributed by atoms with van der Waals surface area (Å²) in [5.74, 6) is 0.309. The van der Waals surface area contributed by atoms with Crippen molar-refractivity contribution in [1.29, 1.82) is 0 Å². The van der Waals surface area contributed by atoms with Crippen LogP contribution in [-0.2, 0) is 20.6 Å². The van der Waals surface area contributed by atoms with Crippen molar-refractivity contribution in [2.75, 3.05) is 20.2 Å². The van der Waals surface area contributed by atoms with Crippen LogP contribution in [0.2, 0.25) is 0 Å². The molecular formula is C14H20ClNO3S. The van der Waals surface area contributed by atoms with Gasteiger partial charge in [0.15, 0.2) is 0 Å². The molecular weight excluding hydrogens is 298 g/mol. The maximum atomic E-state index is 12.8. The average Bonchev–Trinajstić information content (AvgIpc) is 2.47. The number of benzene rings is 1. The van der Waals surface area contributed by atoms with Crippen LogP contribution in [0.3, 0.4) is 0 Å². The normalized spacial score (nSPS) is 21.1. The van der Waals surface area contributed by atoms with Gasteiger partial charge < -0.3 is 4.74 Å². The molecule has 1 fully saturated rings. The molecule has 20 heavy (non-hydrogen) atoms. The molecule has 1 heterocycles. The first-order valence-electron chi connectivity index (χ1n) is 6.67. The van der Waals surface area contributed by atoms with Crippen LogP contribution >= 0.6 is 11.6 Å². The number of alkyl halides is 1. The fourth-order valence-electron chi connectivity index (χ4n) is 2.46. The summed E-state index contributed by atoms with van der Waals surface area (Å²) in [5.41, 5.74) is 1.56. The van der Waals surface area contributed by atoms with Crippen molar-refractivity contribution in [1.82, 2.24) is 4.31 Å². The zero-order valence-corrected chi connectivity index (χ0v) is 13.4. The standard InChI is InChI=1S/C14H20ClNO3S/c1-11-5-6-12(9-15)8-14(11)20(17,18)16-7-3-4-13(10-16)19-2/h5-6,8,13H,3-4,7,9-10H2,1-2H3. The molecule has 6 heteroatoms. The molecule has 1 aromatic rings. The van der Waals surface area contributed by atoms with Gasteiger partial charge in [-0.25, -0.2) is 8.42 Å². The van der Waals surface area contributed by atoms with Crippen molar-refractivity contribution in [3.63, 3.8) is 0 Å². The first-order valence-corrected chi connectivity index (χ1v) is 8.65. The van der Waals surface area contributed by atoms with Crippen LogP contribution in [0.25, 0.3) is 0 Å². The number of sulfonamides is 1. The highest BCUT2D eigenvalue weighted by molar-refractivity contribution is 7.89. The second-order valence-electron chi connectivity index (χ2n) is 5.10. The van der Waals surface area contributed by atoms with E-state index in [0.29, 0.717) is 23.9 Å². The van der Waals surface area contributed by atoms with E-state index >= 15 is 0 Å². The van der Waals surface area contributed by atoms with Gasteiger partial charge in [-0.1, -0.05) is 12.1 Å². The summed E-state index contributed by atoms with van der Waals surface area (Å²) in [4.78, 5) is 0.354. The molecule has 0 aromatic heterocycles. The van der Waals surface area contributed by atoms with Crippen molar-refractivity contribution >= 4 is 21.6 Å². The van der Waals surface area contributed by atoms with Gasteiger partial charge in [-0.05, 0) is 37.0 Å². The van der Waals surface area contributed by atoms with Gasteiger partial charge in [0.25, 0.3) is 0 Å². The van der Waals surface area contributed by atoms with Crippen molar-refractivity contribution < 1.29 is 13.2 Å². The van der Waals surface area contributed by atoms with Gasteiger partial charge in [0.2, 0.25) is 10.0 Å². The van der Waals surface area contributed by atoms with Gasteiger partial charge in [-0.3, -0.25) is 0 Å². The van der Waals surface area contributed by atoms with E-state index in [9.17, 15) is 8.42 Å². The molecule has 1 aliphatic heterocycles. The number of hydrogen-bond acceptors (Lipinski definition) is 3. The molecule has 1 unspecified atom stereocenters. The summed E-state index contributed by atoms with van der Waals surface area (Å²) in [6.07, 6.45) is 1.71. The Morgan fingerprint density at radius 2 is 2.20 bits per heavy atom. The van der Waals surface area contributed by atoms with Crippen LogP contribution in [0.15, 0.2) is 23.1 Å². The quantitative estimate of drug-likeness (QED) is 0.802. The molecule has 1 saturated heterocycles. The predicted molar refractivity (Wildman–Crippen MR) is 79.5 cm³/mol. The Bertz CT molecular complexity index is 574. The second-order valence-corrected chi connectivity index (χ2v) is 7.27. The van der Waals surface area contributed by atoms with Crippen LogP contribution in [0, 0.1) is 6.92 Å². The van der Waals surface area contributed by atoms with Gasteiger partial charge in [-0.15, -0.1) is 11.6 Å². The number of piperidine rings is 1. The summed E-state index contributed by atoms with van der Waals surface area (Å²) in [5, 5.41) is 0. The first-order chi connectivity index (χ1) is 9.48. The van der Waals surface area contributed by atoms with Crippen LogP contribution in [0.4, 0.5) is 0 Å². The third kappa shape index (κ3) is 3.17. The zero-order chi connectivity index (χ0) is 14.8. The Hall–Kier alpha value is -0.620. The van der Waals surface area contributed by atoms with Crippen LogP contribution in [-0.4, -0.2) is 39.0 Å². The van der Waals surface area contributed by atoms with Gasteiger partial charge in [0, 0.05) is 26.1 Å². The molecule has 4 nitrogen and oxygen atoms in total. The fraction of sp³-hybridized carbons (Fsp3) is 0.571. The van der Waals surface area contributed by atoms with Gasteiger partial charge >= 0.3 is 0 Å². The van der Waals surface area contributed by atoms with Crippen molar-refractivity contribution in [2.24, 2.45) is 0 Å². The maximum absolute atomic E-state index is 12.8. The minimum absolute atomic E-state index is 0.0185. The summed E-state index contributed by atoms with van der Waals surface area (Å²) < 4.78 is 32.3. The minimum atomic E-state index is -3.47. The van der Waals surface area contributed by atoms with Crippen molar-refractivity contribution in [3.8, 4) is 0 Å². The molecule has 0 aliphatic carbocycles. The number of aryl methyl sites for hydroxylation is 1. The third-order valence-corrected chi connectivity index (χ3v) is 6.01. The van der Waals surface area contributed by atoms with Crippen molar-refractivity contribution in [2.45, 2.75) is 36.6 Å². The number of ether oxygens (including phenoxy) is 1. The molecule has 0 spiro atoms. The summed E-state index contributed by atoms with van der Waals surface area (Å²) in [6, 6.07) is 5.34. The SMILES string of the molecule is COC1CCCN(S(=O)(=O)c2cc(CCl)ccc2C)C1. The highest BCUT2D eigenvalue weighted by Crippen LogP contribution is 2.25. The van der Waals surface area contributed by atoms with Gasteiger partial charge in [-0.2, -0.15) is 4.31 Å². The summed E-state index contributed by atoms with van der Waals surface area (Å²) in [6.45, 7) is 2.78. The molecule has 1 aliphatic rings. The van der Waals surface area contributed by atoms with E-state index in [1.54, 1.807) is 13.2 Å². The van der Waals surface area contributed by atoms with E-state index in [1.165, 1.54) is 4.31 Å². The summed E-state index contributed by atoms with van der Waals surface area (Å²) >= 11 is 5.80. The summed E-state index contributed by atoms with van der Waals surface area (Å²) in [7, 11) is -1.85. The van der Waals surface area contributed by atoms with Crippen LogP contribution in [0.1, 0.15) is 24.0 Å². The van der Waals surface area contributed by atoms with E-state index in [0.717, 1.165) is 24.0 Å². The molecule has 0 bridgehead atoms. The minimum Gasteiger partial charge on any atom is -0.380 e. The van der Waals surface area contributed by atoms with Crippen LogP contribution < -0.4 is 0 Å². The fourth-order valence-corrected chi connectivity index (χ4v) is 4.41. The zero-order valence-electron chi connectivity index (χ0n) is 11.8. The number of halogens is 1. The average molecular weight is 318 g/mol. The van der Waals surface area contributed by atoms with E-state index in [-0.39, 0.29) is 6.10 Å². The van der Waals surface area contributed by atoms with E-state index in [4.69, 9.17) is 16.3 Å². The lowest BCUT2D eigenvalue weighted by Gasteiger charge is -2.31. The van der Waals surface area contributed by atoms with Crippen molar-refractivity contribution in [3.05, 3.63) is 29.3 Å². The topological polar surface area (TPSA) is 46.6 Å². The predicted octanol–water partition coefficient (Wildman–Crippen LogP) is 2.53. The van der Waals surface area contributed by atoms with Gasteiger partial charge in [0.1, 0.15) is 0 Å². The Balaban J connectivity index is 2.34. The molecule has 0 radical (unpaired) electrons. The Kier molecular flexibility index (Phi) is 5.07. The lowest BCUT2D eigenvalue weighted by molar-refractivity contribution is 0.0572. The number of nitrogens with zero attached hydrogens (tertiary/aromatic N) is 1. The van der Waals surface area contributed by atoms with E-state index in [2.05, 4.69) is 0 Å². The Morgan fingerprint density at radius 1 is 1.45 bits per heavy atom. The highest BCUT2D eigenvalue weighted by Gasteiger charge is 2.31. The van der Waals surface area contributed by atoms with Crippen LogP contribution in [0.5, 0.6) is 0 Å². The van der Waals surface area contributed by atoms with E-state index in [1.807, 2.05) is 19.1 Å². The Morgan fingerprint density at radius 3 is 2.85 bits per heavy atom. The van der Waals surface area contributed by atoms with Gasteiger partial charge in [0.05, 0.1) is 11.0 Å². The smallest absolute Gasteiger partial charge is 0.243 e. The molecule has 0 saturated carbocycles. The lowest BCUT2D eigenvalue weighted by Crippen LogP contribution is -2.43. The molecule has 1 aromatic carbocycles. The maximum Gasteiger partial charge on any atom is 0.243 e. The highest BCUT2D eigenvalue weighted by atomic mass is 35.5. The lowest BCUT2D eigenvalue weighted by atomic mass is 10.1. The first kappa shape index (κ1) is 15.8. The van der Waals surface area contributed by atoms with E-state index < -0.39 is 10.0 Å². The molecule has 1 atom stereocenters. The molecule has 0 amide bonds. The Labute approximate surface area is 125 Å². The molecule has 0 N–H and O–H groups in total. The molecule has 2 rings (SSSR count). The third-order valence-electron chi connectivity index (χ3n) is 3.70. The number of methoxy groups -OCH3 is 1. The second kappa shape index (κ2) is 6.43. The molecule has 112 valence electrons. The number of hydrogen-bond donors (Lipinski definition) is 0. The largest absolute Gasteiger partial charge is 0.380 e. The number of rotatable bonds is 4.